The third-order valence-electron chi connectivity index (χ3n) is 4.40. The summed E-state index contributed by atoms with van der Waals surface area (Å²) in [6.07, 6.45) is 7.02. The highest BCUT2D eigenvalue weighted by molar-refractivity contribution is 5.56. The van der Waals surface area contributed by atoms with Crippen LogP contribution < -0.4 is 10.2 Å². The van der Waals surface area contributed by atoms with Gasteiger partial charge in [0.05, 0.1) is 0 Å². The molecular formula is C16H24N2. The Morgan fingerprint density at radius 1 is 1.17 bits per heavy atom. The third kappa shape index (κ3) is 2.39. The van der Waals surface area contributed by atoms with Crippen LogP contribution in [0.1, 0.15) is 43.2 Å². The number of anilines is 1. The molecule has 1 aromatic carbocycles. The third-order valence-corrected chi connectivity index (χ3v) is 4.40. The minimum absolute atomic E-state index is 0.778. The summed E-state index contributed by atoms with van der Waals surface area (Å²) in [5.74, 6) is 0. The Morgan fingerprint density at radius 3 is 2.83 bits per heavy atom. The first kappa shape index (κ1) is 12.0. The quantitative estimate of drug-likeness (QED) is 0.816. The molecule has 0 bridgehead atoms. The van der Waals surface area contributed by atoms with Crippen molar-refractivity contribution < 1.29 is 0 Å². The zero-order valence-corrected chi connectivity index (χ0v) is 11.4. The summed E-state index contributed by atoms with van der Waals surface area (Å²) in [6.45, 7) is 5.50. The van der Waals surface area contributed by atoms with Gasteiger partial charge < -0.3 is 10.2 Å². The molecule has 2 aliphatic rings. The molecule has 0 saturated heterocycles. The Morgan fingerprint density at radius 2 is 2.00 bits per heavy atom. The van der Waals surface area contributed by atoms with Crippen LogP contribution >= 0.6 is 0 Å². The van der Waals surface area contributed by atoms with Crippen LogP contribution in [0, 0.1) is 6.92 Å². The fourth-order valence-corrected chi connectivity index (χ4v) is 3.45. The Kier molecular flexibility index (Phi) is 3.55. The van der Waals surface area contributed by atoms with Gasteiger partial charge in [0.25, 0.3) is 0 Å². The van der Waals surface area contributed by atoms with Gasteiger partial charge in [-0.1, -0.05) is 37.0 Å². The van der Waals surface area contributed by atoms with E-state index in [1.807, 2.05) is 0 Å². The molecule has 1 aliphatic carbocycles. The number of hydrogen-bond donors (Lipinski definition) is 1. The molecule has 1 aliphatic heterocycles. The second-order valence-corrected chi connectivity index (χ2v) is 5.79. The van der Waals surface area contributed by atoms with Gasteiger partial charge in [-0.2, -0.15) is 0 Å². The molecule has 1 aromatic rings. The van der Waals surface area contributed by atoms with Crippen LogP contribution in [-0.2, 0) is 6.54 Å². The smallest absolute Gasteiger partial charge is 0.0414 e. The van der Waals surface area contributed by atoms with E-state index in [0.29, 0.717) is 0 Å². The summed E-state index contributed by atoms with van der Waals surface area (Å²) < 4.78 is 0. The van der Waals surface area contributed by atoms with E-state index in [9.17, 15) is 0 Å². The van der Waals surface area contributed by atoms with Crippen LogP contribution in [-0.4, -0.2) is 19.1 Å². The molecule has 18 heavy (non-hydrogen) atoms. The molecule has 98 valence electrons. The number of nitrogens with one attached hydrogen (secondary N) is 1. The van der Waals surface area contributed by atoms with Crippen LogP contribution in [0.4, 0.5) is 5.69 Å². The van der Waals surface area contributed by atoms with E-state index in [1.54, 1.807) is 0 Å². The zero-order chi connectivity index (χ0) is 12.4. The largest absolute Gasteiger partial charge is 0.367 e. The summed E-state index contributed by atoms with van der Waals surface area (Å²) >= 11 is 0. The molecular weight excluding hydrogens is 220 g/mol. The fourth-order valence-electron chi connectivity index (χ4n) is 3.45. The predicted molar refractivity (Wildman–Crippen MR) is 77.1 cm³/mol. The van der Waals surface area contributed by atoms with E-state index in [-0.39, 0.29) is 0 Å². The standard InChI is InChI=1S/C16H24N2/c1-13-7-8-16-14(11-13)12-17-9-10-18(16)15-5-3-2-4-6-15/h7-8,11,15,17H,2-6,9-10,12H2,1H3. The highest BCUT2D eigenvalue weighted by atomic mass is 15.2. The van der Waals surface area contributed by atoms with Gasteiger partial charge in [-0.15, -0.1) is 0 Å². The molecule has 0 atom stereocenters. The first-order valence-electron chi connectivity index (χ1n) is 7.41. The lowest BCUT2D eigenvalue weighted by Crippen LogP contribution is -2.39. The molecule has 0 unspecified atom stereocenters. The summed E-state index contributed by atoms with van der Waals surface area (Å²) in [6, 6.07) is 7.73. The van der Waals surface area contributed by atoms with E-state index in [2.05, 4.69) is 35.3 Å². The fraction of sp³-hybridized carbons (Fsp3) is 0.625. The van der Waals surface area contributed by atoms with Gasteiger partial charge in [-0.3, -0.25) is 0 Å². The molecule has 1 saturated carbocycles. The normalized spacial score (nSPS) is 21.5. The van der Waals surface area contributed by atoms with E-state index in [1.165, 1.54) is 55.5 Å². The van der Waals surface area contributed by atoms with Crippen molar-refractivity contribution in [2.45, 2.75) is 51.6 Å². The Labute approximate surface area is 110 Å². The van der Waals surface area contributed by atoms with Crippen molar-refractivity contribution in [1.29, 1.82) is 0 Å². The topological polar surface area (TPSA) is 15.3 Å². The van der Waals surface area contributed by atoms with Crippen molar-refractivity contribution in [3.8, 4) is 0 Å². The summed E-state index contributed by atoms with van der Waals surface area (Å²) in [5.41, 5.74) is 4.34. The first-order valence-corrected chi connectivity index (χ1v) is 7.41. The van der Waals surface area contributed by atoms with Crippen molar-refractivity contribution in [3.63, 3.8) is 0 Å². The highest BCUT2D eigenvalue weighted by Crippen LogP contribution is 2.31. The highest BCUT2D eigenvalue weighted by Gasteiger charge is 2.24. The van der Waals surface area contributed by atoms with Gasteiger partial charge in [-0.05, 0) is 31.4 Å². The molecule has 1 heterocycles. The van der Waals surface area contributed by atoms with Gasteiger partial charge in [0.1, 0.15) is 0 Å². The zero-order valence-electron chi connectivity index (χ0n) is 11.4. The maximum atomic E-state index is 3.56. The molecule has 1 N–H and O–H groups in total. The molecule has 2 nitrogen and oxygen atoms in total. The van der Waals surface area contributed by atoms with Crippen molar-refractivity contribution >= 4 is 5.69 Å². The van der Waals surface area contributed by atoms with Gasteiger partial charge in [0.15, 0.2) is 0 Å². The van der Waals surface area contributed by atoms with Gasteiger partial charge in [0, 0.05) is 31.4 Å². The Bertz CT molecular complexity index is 408. The van der Waals surface area contributed by atoms with E-state index in [0.717, 1.165) is 19.1 Å². The Balaban J connectivity index is 1.90. The second kappa shape index (κ2) is 5.31. The van der Waals surface area contributed by atoms with Gasteiger partial charge in [-0.25, -0.2) is 0 Å². The van der Waals surface area contributed by atoms with Gasteiger partial charge in [0.2, 0.25) is 0 Å². The summed E-state index contributed by atoms with van der Waals surface area (Å²) in [5, 5.41) is 3.56. The number of rotatable bonds is 1. The minimum atomic E-state index is 0.778. The maximum absolute atomic E-state index is 3.56. The van der Waals surface area contributed by atoms with E-state index in [4.69, 9.17) is 0 Å². The summed E-state index contributed by atoms with van der Waals surface area (Å²) in [4.78, 5) is 2.67. The van der Waals surface area contributed by atoms with E-state index >= 15 is 0 Å². The number of hydrogen-bond acceptors (Lipinski definition) is 2. The van der Waals surface area contributed by atoms with Gasteiger partial charge >= 0.3 is 0 Å². The Hall–Kier alpha value is -1.02. The minimum Gasteiger partial charge on any atom is -0.367 e. The van der Waals surface area contributed by atoms with Crippen LogP contribution in [0.25, 0.3) is 0 Å². The molecule has 0 radical (unpaired) electrons. The van der Waals surface area contributed by atoms with Crippen molar-refractivity contribution in [2.75, 3.05) is 18.0 Å². The average Bonchev–Trinajstić information content (AvgIpc) is 2.61. The number of benzene rings is 1. The van der Waals surface area contributed by atoms with Crippen LogP contribution in [0.3, 0.4) is 0 Å². The monoisotopic (exact) mass is 244 g/mol. The number of nitrogens with zero attached hydrogens (tertiary/aromatic N) is 1. The number of aryl methyl sites for hydroxylation is 1. The predicted octanol–water partition coefficient (Wildman–Crippen LogP) is 3.24. The van der Waals surface area contributed by atoms with Crippen molar-refractivity contribution in [3.05, 3.63) is 29.3 Å². The molecule has 3 rings (SSSR count). The molecule has 0 amide bonds. The average molecular weight is 244 g/mol. The summed E-state index contributed by atoms with van der Waals surface area (Å²) in [7, 11) is 0. The van der Waals surface area contributed by atoms with Crippen LogP contribution in [0.5, 0.6) is 0 Å². The second-order valence-electron chi connectivity index (χ2n) is 5.79. The van der Waals surface area contributed by atoms with Crippen LogP contribution in [0.2, 0.25) is 0 Å². The van der Waals surface area contributed by atoms with Crippen molar-refractivity contribution in [2.24, 2.45) is 0 Å². The molecule has 1 fully saturated rings. The first-order chi connectivity index (χ1) is 8.84. The van der Waals surface area contributed by atoms with Crippen LogP contribution in [0.15, 0.2) is 18.2 Å². The molecule has 2 heteroatoms. The van der Waals surface area contributed by atoms with Crippen molar-refractivity contribution in [1.82, 2.24) is 5.32 Å². The lowest BCUT2D eigenvalue weighted by atomic mass is 9.93. The lowest BCUT2D eigenvalue weighted by molar-refractivity contribution is 0.415. The molecule has 0 spiro atoms. The maximum Gasteiger partial charge on any atom is 0.0414 e. The SMILES string of the molecule is Cc1ccc2c(c1)CNCCN2C1CCCCC1. The van der Waals surface area contributed by atoms with E-state index < -0.39 is 0 Å². The molecule has 0 aromatic heterocycles. The lowest BCUT2D eigenvalue weighted by Gasteiger charge is -2.36. The number of fused-ring (bicyclic) bond motifs is 1.